The summed E-state index contributed by atoms with van der Waals surface area (Å²) in [4.78, 5) is 6.41. The second kappa shape index (κ2) is 6.11. The lowest BCUT2D eigenvalue weighted by Gasteiger charge is -2.56. The first-order valence-electron chi connectivity index (χ1n) is 8.31. The molecule has 0 amide bonds. The van der Waals surface area contributed by atoms with Crippen molar-refractivity contribution in [2.75, 3.05) is 17.2 Å². The van der Waals surface area contributed by atoms with Crippen LogP contribution in [0.25, 0.3) is 10.8 Å². The number of anilines is 1. The maximum absolute atomic E-state index is 11.2. The third kappa shape index (κ3) is 3.35. The molecular weight excluding hydrogens is 360 g/mol. The molecule has 25 heavy (non-hydrogen) atoms. The van der Waals surface area contributed by atoms with E-state index in [0.29, 0.717) is 17.6 Å². The molecule has 1 fully saturated rings. The smallest absolute Gasteiger partial charge is 0.265 e. The maximum atomic E-state index is 11.2. The summed E-state index contributed by atoms with van der Waals surface area (Å²) in [6.07, 6.45) is 1.78. The zero-order valence-corrected chi connectivity index (χ0v) is 16.4. The van der Waals surface area contributed by atoms with Crippen LogP contribution in [0.15, 0.2) is 24.4 Å². The quantitative estimate of drug-likeness (QED) is 0.636. The summed E-state index contributed by atoms with van der Waals surface area (Å²) < 4.78 is 31.7. The molecule has 0 radical (unpaired) electrons. The van der Waals surface area contributed by atoms with Crippen molar-refractivity contribution < 1.29 is 13.0 Å². The molecule has 1 N–H and O–H groups in total. The molecule has 5 nitrogen and oxygen atoms in total. The van der Waals surface area contributed by atoms with E-state index in [1.807, 2.05) is 19.9 Å². The first kappa shape index (κ1) is 18.4. The van der Waals surface area contributed by atoms with Gasteiger partial charge in [0.05, 0.1) is 5.75 Å². The molecule has 136 valence electrons. The Labute approximate surface area is 153 Å². The number of nitrogens with zero attached hydrogens (tertiary/aromatic N) is 2. The monoisotopic (exact) mass is 382 g/mol. The van der Waals surface area contributed by atoms with Crippen molar-refractivity contribution in [3.05, 3.63) is 35.1 Å². The SMILES string of the molecule is CC(C)c1ccc(N2C[C@H](CS(=O)(=O)O)C2(C)C)c2cnc(Cl)cc12. The Balaban J connectivity index is 2.05. The van der Waals surface area contributed by atoms with Gasteiger partial charge in [-0.3, -0.25) is 4.55 Å². The Morgan fingerprint density at radius 2 is 2.04 bits per heavy atom. The fourth-order valence-corrected chi connectivity index (χ4v) is 4.85. The van der Waals surface area contributed by atoms with Gasteiger partial charge in [-0.15, -0.1) is 0 Å². The van der Waals surface area contributed by atoms with Crippen LogP contribution in [0.2, 0.25) is 5.15 Å². The average Bonchev–Trinajstić information content (AvgIpc) is 2.49. The third-order valence-electron chi connectivity index (χ3n) is 5.30. The lowest BCUT2D eigenvalue weighted by Crippen LogP contribution is -2.66. The van der Waals surface area contributed by atoms with Crippen LogP contribution in [-0.4, -0.2) is 35.8 Å². The molecule has 0 bridgehead atoms. The molecule has 2 aromatic rings. The van der Waals surface area contributed by atoms with E-state index in [1.165, 1.54) is 5.56 Å². The normalized spacial score (nSPS) is 20.1. The summed E-state index contributed by atoms with van der Waals surface area (Å²) in [6, 6.07) is 6.06. The number of benzene rings is 1. The Morgan fingerprint density at radius 3 is 2.60 bits per heavy atom. The van der Waals surface area contributed by atoms with Gasteiger partial charge >= 0.3 is 0 Å². The molecule has 0 aliphatic carbocycles. The summed E-state index contributed by atoms with van der Waals surface area (Å²) >= 11 is 6.11. The van der Waals surface area contributed by atoms with Crippen molar-refractivity contribution in [3.8, 4) is 0 Å². The predicted octanol–water partition coefficient (Wildman–Crippen LogP) is 4.11. The molecule has 0 unspecified atom stereocenters. The number of hydrogen-bond acceptors (Lipinski definition) is 4. The fraction of sp³-hybridized carbons (Fsp3) is 0.500. The topological polar surface area (TPSA) is 70.5 Å². The molecule has 1 aromatic heterocycles. The molecule has 7 heteroatoms. The van der Waals surface area contributed by atoms with Gasteiger partial charge < -0.3 is 4.90 Å². The molecule has 1 aliphatic heterocycles. The van der Waals surface area contributed by atoms with Crippen LogP contribution in [0.3, 0.4) is 0 Å². The number of rotatable bonds is 4. The van der Waals surface area contributed by atoms with Crippen molar-refractivity contribution in [2.45, 2.75) is 39.2 Å². The van der Waals surface area contributed by atoms with E-state index < -0.39 is 10.1 Å². The third-order valence-corrected chi connectivity index (χ3v) is 6.33. The molecule has 2 heterocycles. The van der Waals surface area contributed by atoms with Crippen molar-refractivity contribution in [3.63, 3.8) is 0 Å². The van der Waals surface area contributed by atoms with Gasteiger partial charge in [-0.05, 0) is 42.8 Å². The largest absolute Gasteiger partial charge is 0.365 e. The Hall–Kier alpha value is -1.37. The van der Waals surface area contributed by atoms with Gasteiger partial charge in [0.1, 0.15) is 5.15 Å². The predicted molar refractivity (Wildman–Crippen MR) is 102 cm³/mol. The van der Waals surface area contributed by atoms with E-state index in [0.717, 1.165) is 16.5 Å². The highest BCUT2D eigenvalue weighted by Crippen LogP contribution is 2.44. The van der Waals surface area contributed by atoms with Gasteiger partial charge in [-0.1, -0.05) is 31.5 Å². The van der Waals surface area contributed by atoms with Gasteiger partial charge in [0.25, 0.3) is 10.1 Å². The van der Waals surface area contributed by atoms with Gasteiger partial charge in [0.2, 0.25) is 0 Å². The van der Waals surface area contributed by atoms with Gasteiger partial charge in [-0.2, -0.15) is 8.42 Å². The number of fused-ring (bicyclic) bond motifs is 1. The summed E-state index contributed by atoms with van der Waals surface area (Å²) in [6.45, 7) is 8.85. The number of hydrogen-bond donors (Lipinski definition) is 1. The van der Waals surface area contributed by atoms with Crippen LogP contribution in [0.4, 0.5) is 5.69 Å². The van der Waals surface area contributed by atoms with E-state index in [9.17, 15) is 13.0 Å². The summed E-state index contributed by atoms with van der Waals surface area (Å²) in [7, 11) is -3.98. The van der Waals surface area contributed by atoms with Crippen molar-refractivity contribution in [1.29, 1.82) is 0 Å². The molecule has 1 aromatic carbocycles. The lowest BCUT2D eigenvalue weighted by atomic mass is 9.77. The second-order valence-corrected chi connectivity index (χ2v) is 9.48. The van der Waals surface area contributed by atoms with Crippen LogP contribution >= 0.6 is 11.6 Å². The standard InChI is InChI=1S/C18H23ClN2O3S/c1-11(2)13-5-6-16(15-8-20-17(19)7-14(13)15)21-9-12(18(21,3)4)10-25(22,23)24/h5-8,11-12H,9-10H2,1-4H3,(H,22,23,24)/t12-/m1/s1. The van der Waals surface area contributed by atoms with Crippen molar-refractivity contribution >= 4 is 38.2 Å². The van der Waals surface area contributed by atoms with Crippen molar-refractivity contribution in [2.24, 2.45) is 5.92 Å². The summed E-state index contributed by atoms with van der Waals surface area (Å²) in [5.74, 6) is 0.0112. The summed E-state index contributed by atoms with van der Waals surface area (Å²) in [5.41, 5.74) is 1.85. The van der Waals surface area contributed by atoms with Crippen LogP contribution in [-0.2, 0) is 10.1 Å². The molecule has 1 atom stereocenters. The van der Waals surface area contributed by atoms with Crippen LogP contribution in [0.1, 0.15) is 39.2 Å². The van der Waals surface area contributed by atoms with E-state index >= 15 is 0 Å². The Morgan fingerprint density at radius 1 is 1.36 bits per heavy atom. The molecule has 1 saturated heterocycles. The van der Waals surface area contributed by atoms with Crippen LogP contribution in [0.5, 0.6) is 0 Å². The minimum atomic E-state index is -3.98. The Bertz CT molecular complexity index is 925. The van der Waals surface area contributed by atoms with E-state index in [-0.39, 0.29) is 17.2 Å². The number of pyridine rings is 1. The average molecular weight is 383 g/mol. The fourth-order valence-electron chi connectivity index (χ4n) is 3.67. The minimum Gasteiger partial charge on any atom is -0.365 e. The number of halogens is 1. The highest BCUT2D eigenvalue weighted by atomic mass is 35.5. The van der Waals surface area contributed by atoms with E-state index in [4.69, 9.17) is 11.6 Å². The van der Waals surface area contributed by atoms with Crippen LogP contribution in [0, 0.1) is 5.92 Å². The second-order valence-electron chi connectivity index (χ2n) is 7.59. The van der Waals surface area contributed by atoms with E-state index in [2.05, 4.69) is 35.9 Å². The molecular formula is C18H23ClN2O3S. The Kier molecular flexibility index (Phi) is 4.50. The highest BCUT2D eigenvalue weighted by Gasteiger charge is 2.48. The molecule has 1 aliphatic rings. The van der Waals surface area contributed by atoms with Crippen LogP contribution < -0.4 is 4.90 Å². The summed E-state index contributed by atoms with van der Waals surface area (Å²) in [5, 5.41) is 2.54. The van der Waals surface area contributed by atoms with Crippen molar-refractivity contribution in [1.82, 2.24) is 4.98 Å². The van der Waals surface area contributed by atoms with Gasteiger partial charge in [0.15, 0.2) is 0 Å². The van der Waals surface area contributed by atoms with E-state index in [1.54, 1.807) is 6.20 Å². The maximum Gasteiger partial charge on any atom is 0.265 e. The molecule has 3 rings (SSSR count). The first-order chi connectivity index (χ1) is 11.5. The van der Waals surface area contributed by atoms with Gasteiger partial charge in [-0.25, -0.2) is 4.98 Å². The molecule has 0 spiro atoms. The van der Waals surface area contributed by atoms with Gasteiger partial charge in [0, 0.05) is 35.3 Å². The highest BCUT2D eigenvalue weighted by molar-refractivity contribution is 7.85. The lowest BCUT2D eigenvalue weighted by molar-refractivity contribution is 0.218. The minimum absolute atomic E-state index is 0.123. The number of aromatic nitrogens is 1. The zero-order chi connectivity index (χ0) is 18.6. The molecule has 0 saturated carbocycles. The first-order valence-corrected chi connectivity index (χ1v) is 10.3. The zero-order valence-electron chi connectivity index (χ0n) is 14.8.